The molecule has 8 nitrogen and oxygen atoms in total. The molecule has 2 rings (SSSR count). The summed E-state index contributed by atoms with van der Waals surface area (Å²) in [7, 11) is 0. The number of aromatic nitrogens is 1. The first-order valence-electron chi connectivity index (χ1n) is 6.95. The lowest BCUT2D eigenvalue weighted by Gasteiger charge is -2.32. The zero-order chi connectivity index (χ0) is 15.2. The molecule has 1 aliphatic heterocycles. The van der Waals surface area contributed by atoms with E-state index in [1.165, 1.54) is 12.3 Å². The second-order valence-corrected chi connectivity index (χ2v) is 4.97. The van der Waals surface area contributed by atoms with Gasteiger partial charge in [0.05, 0.1) is 4.92 Å². The van der Waals surface area contributed by atoms with Gasteiger partial charge in [0.2, 0.25) is 5.91 Å². The summed E-state index contributed by atoms with van der Waals surface area (Å²) in [6, 6.07) is 3.09. The zero-order valence-electron chi connectivity index (χ0n) is 11.7. The molecule has 114 valence electrons. The number of nitrogens with zero attached hydrogens (tertiary/aromatic N) is 3. The fourth-order valence-corrected chi connectivity index (χ4v) is 2.38. The molecule has 1 fully saturated rings. The molecule has 8 heteroatoms. The van der Waals surface area contributed by atoms with E-state index in [4.69, 9.17) is 5.73 Å². The van der Waals surface area contributed by atoms with Crippen molar-refractivity contribution in [2.24, 2.45) is 11.7 Å². The second kappa shape index (κ2) is 6.98. The fourth-order valence-electron chi connectivity index (χ4n) is 2.38. The van der Waals surface area contributed by atoms with E-state index in [0.29, 0.717) is 32.0 Å². The predicted octanol–water partition coefficient (Wildman–Crippen LogP) is 0.281. The highest BCUT2D eigenvalue weighted by atomic mass is 16.6. The van der Waals surface area contributed by atoms with Crippen LogP contribution in [0.25, 0.3) is 0 Å². The third kappa shape index (κ3) is 3.88. The quantitative estimate of drug-likeness (QED) is 0.595. The van der Waals surface area contributed by atoms with Crippen LogP contribution in [0.3, 0.4) is 0 Å². The van der Waals surface area contributed by atoms with Crippen molar-refractivity contribution < 1.29 is 9.72 Å². The summed E-state index contributed by atoms with van der Waals surface area (Å²) in [5.41, 5.74) is 5.34. The Bertz CT molecular complexity index is 497. The first-order chi connectivity index (χ1) is 10.1. The average Bonchev–Trinajstić information content (AvgIpc) is 2.53. The molecular weight excluding hydrogens is 274 g/mol. The highest BCUT2D eigenvalue weighted by molar-refractivity contribution is 5.78. The third-order valence-corrected chi connectivity index (χ3v) is 3.58. The van der Waals surface area contributed by atoms with Gasteiger partial charge in [0, 0.05) is 38.2 Å². The van der Waals surface area contributed by atoms with Crippen LogP contribution in [0.2, 0.25) is 0 Å². The summed E-state index contributed by atoms with van der Waals surface area (Å²) >= 11 is 0. The maximum atomic E-state index is 11.8. The monoisotopic (exact) mass is 293 g/mol. The summed E-state index contributed by atoms with van der Waals surface area (Å²) in [6.07, 6.45) is 2.75. The van der Waals surface area contributed by atoms with Crippen LogP contribution >= 0.6 is 0 Å². The van der Waals surface area contributed by atoms with Crippen LogP contribution in [0.5, 0.6) is 0 Å². The van der Waals surface area contributed by atoms with Gasteiger partial charge in [-0.15, -0.1) is 0 Å². The maximum absolute atomic E-state index is 11.8. The van der Waals surface area contributed by atoms with Gasteiger partial charge in [0.15, 0.2) is 0 Å². The van der Waals surface area contributed by atoms with Gasteiger partial charge in [-0.2, -0.15) is 0 Å². The number of hydrogen-bond acceptors (Lipinski definition) is 6. The van der Waals surface area contributed by atoms with Gasteiger partial charge in [-0.05, 0) is 18.9 Å². The molecule has 0 saturated carbocycles. The number of rotatable bonds is 5. The van der Waals surface area contributed by atoms with E-state index in [0.717, 1.165) is 12.8 Å². The number of piperidine rings is 1. The molecule has 0 bridgehead atoms. The van der Waals surface area contributed by atoms with Crippen LogP contribution in [-0.2, 0) is 4.79 Å². The lowest BCUT2D eigenvalue weighted by molar-refractivity contribution is -0.385. The summed E-state index contributed by atoms with van der Waals surface area (Å²) in [4.78, 5) is 28.1. The van der Waals surface area contributed by atoms with Crippen molar-refractivity contribution in [3.05, 3.63) is 28.4 Å². The molecule has 1 aromatic heterocycles. The fraction of sp³-hybridized carbons (Fsp3) is 0.538. The van der Waals surface area contributed by atoms with E-state index in [1.807, 2.05) is 4.90 Å². The van der Waals surface area contributed by atoms with Crippen molar-refractivity contribution in [1.29, 1.82) is 0 Å². The van der Waals surface area contributed by atoms with Crippen molar-refractivity contribution >= 4 is 17.4 Å². The molecule has 3 N–H and O–H groups in total. The van der Waals surface area contributed by atoms with Crippen molar-refractivity contribution in [1.82, 2.24) is 10.3 Å². The molecule has 1 aromatic rings. The second-order valence-electron chi connectivity index (χ2n) is 4.97. The Morgan fingerprint density at radius 3 is 2.71 bits per heavy atom. The van der Waals surface area contributed by atoms with E-state index in [1.54, 1.807) is 6.07 Å². The van der Waals surface area contributed by atoms with Crippen molar-refractivity contribution in [2.45, 2.75) is 12.8 Å². The van der Waals surface area contributed by atoms with Crippen molar-refractivity contribution in [3.63, 3.8) is 0 Å². The van der Waals surface area contributed by atoms with E-state index in [9.17, 15) is 14.9 Å². The number of pyridine rings is 1. The number of carbonyl (C=O) groups excluding carboxylic acids is 1. The van der Waals surface area contributed by atoms with Gasteiger partial charge in [0.25, 0.3) is 5.69 Å². The lowest BCUT2D eigenvalue weighted by Crippen LogP contribution is -2.41. The number of nitrogens with one attached hydrogen (secondary N) is 1. The van der Waals surface area contributed by atoms with E-state index in [-0.39, 0.29) is 17.5 Å². The third-order valence-electron chi connectivity index (χ3n) is 3.58. The van der Waals surface area contributed by atoms with Crippen molar-refractivity contribution in [3.8, 4) is 0 Å². The van der Waals surface area contributed by atoms with Crippen LogP contribution in [0.4, 0.5) is 11.5 Å². The smallest absolute Gasteiger partial charge is 0.287 e. The lowest BCUT2D eigenvalue weighted by atomic mass is 9.96. The van der Waals surface area contributed by atoms with Gasteiger partial charge in [0.1, 0.15) is 12.0 Å². The van der Waals surface area contributed by atoms with Crippen molar-refractivity contribution in [2.75, 3.05) is 31.1 Å². The topological polar surface area (TPSA) is 114 Å². The van der Waals surface area contributed by atoms with Crippen LogP contribution in [0.1, 0.15) is 12.8 Å². The summed E-state index contributed by atoms with van der Waals surface area (Å²) < 4.78 is 0. The van der Waals surface area contributed by atoms with Crippen LogP contribution in [0.15, 0.2) is 18.3 Å². The normalized spacial score (nSPS) is 15.8. The molecule has 0 unspecified atom stereocenters. The van der Waals surface area contributed by atoms with E-state index in [2.05, 4.69) is 10.3 Å². The molecule has 1 amide bonds. The summed E-state index contributed by atoms with van der Waals surface area (Å²) in [6.45, 7) is 2.37. The SMILES string of the molecule is NCCNC(=O)C1CCN(c2ccc([N+](=O)[O-])cn2)CC1. The van der Waals surface area contributed by atoms with E-state index < -0.39 is 4.92 Å². The highest BCUT2D eigenvalue weighted by Crippen LogP contribution is 2.23. The number of nitro groups is 1. The Morgan fingerprint density at radius 2 is 2.19 bits per heavy atom. The molecule has 0 aliphatic carbocycles. The molecule has 0 spiro atoms. The standard InChI is InChI=1S/C13H19N5O3/c14-5-6-15-13(19)10-3-7-17(8-4-10)12-2-1-11(9-16-12)18(20)21/h1-2,9-10H,3-8,14H2,(H,15,19). The molecule has 0 aromatic carbocycles. The highest BCUT2D eigenvalue weighted by Gasteiger charge is 2.25. The summed E-state index contributed by atoms with van der Waals surface area (Å²) in [5.74, 6) is 0.768. The van der Waals surface area contributed by atoms with Crippen LogP contribution in [0, 0.1) is 16.0 Å². The average molecular weight is 293 g/mol. The summed E-state index contributed by atoms with van der Waals surface area (Å²) in [5, 5.41) is 13.4. The first-order valence-corrected chi connectivity index (χ1v) is 6.95. The Hall–Kier alpha value is -2.22. The van der Waals surface area contributed by atoms with Crippen LogP contribution in [-0.4, -0.2) is 42.0 Å². The largest absolute Gasteiger partial charge is 0.357 e. The predicted molar refractivity (Wildman–Crippen MR) is 77.9 cm³/mol. The maximum Gasteiger partial charge on any atom is 0.287 e. The Morgan fingerprint density at radius 1 is 1.48 bits per heavy atom. The van der Waals surface area contributed by atoms with Gasteiger partial charge >= 0.3 is 0 Å². The molecule has 2 heterocycles. The van der Waals surface area contributed by atoms with Gasteiger partial charge in [-0.25, -0.2) is 4.98 Å². The number of amides is 1. The number of carbonyl (C=O) groups is 1. The molecule has 0 radical (unpaired) electrons. The zero-order valence-corrected chi connectivity index (χ0v) is 11.7. The van der Waals surface area contributed by atoms with E-state index >= 15 is 0 Å². The van der Waals surface area contributed by atoms with Gasteiger partial charge in [-0.3, -0.25) is 14.9 Å². The molecule has 21 heavy (non-hydrogen) atoms. The molecule has 1 aliphatic rings. The Kier molecular flexibility index (Phi) is 5.04. The minimum Gasteiger partial charge on any atom is -0.357 e. The molecule has 1 saturated heterocycles. The number of hydrogen-bond donors (Lipinski definition) is 2. The Labute approximate surface area is 122 Å². The van der Waals surface area contributed by atoms with Gasteiger partial charge in [-0.1, -0.05) is 0 Å². The first kappa shape index (κ1) is 15.2. The van der Waals surface area contributed by atoms with Gasteiger partial charge < -0.3 is 16.0 Å². The number of anilines is 1. The minimum absolute atomic E-state index is 0.00542. The van der Waals surface area contributed by atoms with Crippen LogP contribution < -0.4 is 16.0 Å². The molecule has 0 atom stereocenters. The molecular formula is C13H19N5O3. The Balaban J connectivity index is 1.88. The number of nitrogens with two attached hydrogens (primary N) is 1. The minimum atomic E-state index is -0.467.